The summed E-state index contributed by atoms with van der Waals surface area (Å²) in [7, 11) is -2.08. The lowest BCUT2D eigenvalue weighted by Gasteiger charge is -2.30. The molecule has 1 N–H and O–H groups in total. The predicted octanol–water partition coefficient (Wildman–Crippen LogP) is -0.642. The van der Waals surface area contributed by atoms with Gasteiger partial charge in [-0.1, -0.05) is 13.8 Å². The van der Waals surface area contributed by atoms with Crippen LogP contribution in [0.5, 0.6) is 0 Å². The van der Waals surface area contributed by atoms with Crippen molar-refractivity contribution in [3.05, 3.63) is 0 Å². The number of carbonyl (C=O) groups is 1. The van der Waals surface area contributed by atoms with Crippen LogP contribution in [0.2, 0.25) is 0 Å². The molecule has 1 amide bonds. The summed E-state index contributed by atoms with van der Waals surface area (Å²) in [5.41, 5.74) is 0. The van der Waals surface area contributed by atoms with Gasteiger partial charge in [-0.2, -0.15) is 17.0 Å². The number of likely N-dealkylation sites (N-methyl/N-ethyl adjacent to an activating group) is 1. The average molecular weight is 329 g/mol. The Labute approximate surface area is 127 Å². The maximum atomic E-state index is 12.2. The van der Waals surface area contributed by atoms with E-state index in [4.69, 9.17) is 0 Å². The van der Waals surface area contributed by atoms with Gasteiger partial charge in [0.15, 0.2) is 0 Å². The number of rotatable bonds is 6. The SMILES string of the molecule is CCN(CC)S(=O)(=O)N(C)CC(=O)N1CCNCC1.Cl. The first-order chi connectivity index (χ1) is 8.93. The van der Waals surface area contributed by atoms with Crippen LogP contribution < -0.4 is 5.32 Å². The molecular formula is C11H25ClN4O3S. The molecule has 1 rings (SSSR count). The molecule has 1 aliphatic heterocycles. The topological polar surface area (TPSA) is 73.0 Å². The Balaban J connectivity index is 0.00000361. The van der Waals surface area contributed by atoms with Crippen LogP contribution in [0, 0.1) is 0 Å². The van der Waals surface area contributed by atoms with Crippen LogP contribution in [-0.4, -0.2) is 80.7 Å². The molecule has 0 aliphatic carbocycles. The standard InChI is InChI=1S/C11H24N4O3S.ClH/c1-4-15(5-2)19(17,18)13(3)10-11(16)14-8-6-12-7-9-14;/h12H,4-10H2,1-3H3;1H. The fraction of sp³-hybridized carbons (Fsp3) is 0.909. The molecule has 1 fully saturated rings. The average Bonchev–Trinajstić information content (AvgIpc) is 2.40. The first-order valence-electron chi connectivity index (χ1n) is 6.63. The van der Waals surface area contributed by atoms with Crippen LogP contribution in [0.4, 0.5) is 0 Å². The third kappa shape index (κ3) is 4.85. The van der Waals surface area contributed by atoms with E-state index in [1.54, 1.807) is 18.7 Å². The Morgan fingerprint density at radius 3 is 2.15 bits per heavy atom. The number of nitrogens with zero attached hydrogens (tertiary/aromatic N) is 3. The van der Waals surface area contributed by atoms with Crippen molar-refractivity contribution in [1.82, 2.24) is 18.8 Å². The van der Waals surface area contributed by atoms with Gasteiger partial charge in [-0.15, -0.1) is 12.4 Å². The van der Waals surface area contributed by atoms with Crippen LogP contribution in [-0.2, 0) is 15.0 Å². The molecule has 0 aromatic carbocycles. The van der Waals surface area contributed by atoms with Crippen LogP contribution in [0.15, 0.2) is 0 Å². The summed E-state index contributed by atoms with van der Waals surface area (Å²) in [5, 5.41) is 3.16. The quantitative estimate of drug-likeness (QED) is 0.704. The van der Waals surface area contributed by atoms with Gasteiger partial charge >= 0.3 is 0 Å². The molecular weight excluding hydrogens is 304 g/mol. The van der Waals surface area contributed by atoms with Crippen LogP contribution >= 0.6 is 12.4 Å². The number of amides is 1. The number of halogens is 1. The van der Waals surface area contributed by atoms with Gasteiger partial charge in [-0.25, -0.2) is 0 Å². The molecule has 120 valence electrons. The second-order valence-corrected chi connectivity index (χ2v) is 6.51. The number of carbonyl (C=O) groups excluding carboxylic acids is 1. The molecule has 0 radical (unpaired) electrons. The molecule has 0 bridgehead atoms. The number of piperazine rings is 1. The van der Waals surface area contributed by atoms with E-state index in [0.29, 0.717) is 26.2 Å². The maximum absolute atomic E-state index is 12.2. The van der Waals surface area contributed by atoms with E-state index < -0.39 is 10.2 Å². The zero-order valence-electron chi connectivity index (χ0n) is 12.3. The van der Waals surface area contributed by atoms with Crippen molar-refractivity contribution in [3.63, 3.8) is 0 Å². The van der Waals surface area contributed by atoms with E-state index in [0.717, 1.165) is 17.4 Å². The summed E-state index contributed by atoms with van der Waals surface area (Å²) in [6, 6.07) is 0. The molecule has 0 aromatic heterocycles. The lowest BCUT2D eigenvalue weighted by molar-refractivity contribution is -0.131. The Bertz CT molecular complexity index is 394. The lowest BCUT2D eigenvalue weighted by atomic mass is 10.3. The van der Waals surface area contributed by atoms with Crippen molar-refractivity contribution in [2.24, 2.45) is 0 Å². The van der Waals surface area contributed by atoms with E-state index in [9.17, 15) is 13.2 Å². The largest absolute Gasteiger partial charge is 0.339 e. The number of hydrogen-bond donors (Lipinski definition) is 1. The zero-order valence-corrected chi connectivity index (χ0v) is 14.0. The first-order valence-corrected chi connectivity index (χ1v) is 8.03. The summed E-state index contributed by atoms with van der Waals surface area (Å²) >= 11 is 0. The first kappa shape index (κ1) is 19.6. The van der Waals surface area contributed by atoms with E-state index in [1.165, 1.54) is 11.4 Å². The zero-order chi connectivity index (χ0) is 14.5. The second kappa shape index (κ2) is 8.78. The summed E-state index contributed by atoms with van der Waals surface area (Å²) in [5.74, 6) is -0.139. The van der Waals surface area contributed by atoms with E-state index in [-0.39, 0.29) is 24.9 Å². The molecule has 1 heterocycles. The third-order valence-corrected chi connectivity index (χ3v) is 5.34. The minimum atomic E-state index is -3.53. The van der Waals surface area contributed by atoms with Crippen molar-refractivity contribution >= 4 is 28.5 Å². The Kier molecular flexibility index (Phi) is 8.60. The number of nitrogens with one attached hydrogen (secondary N) is 1. The Morgan fingerprint density at radius 1 is 1.20 bits per heavy atom. The molecule has 1 saturated heterocycles. The Hall–Kier alpha value is -0.410. The van der Waals surface area contributed by atoms with Gasteiger partial charge in [0.25, 0.3) is 10.2 Å². The summed E-state index contributed by atoms with van der Waals surface area (Å²) in [6.07, 6.45) is 0. The van der Waals surface area contributed by atoms with Gasteiger partial charge in [-0.3, -0.25) is 4.79 Å². The van der Waals surface area contributed by atoms with Crippen LogP contribution in [0.1, 0.15) is 13.8 Å². The molecule has 20 heavy (non-hydrogen) atoms. The fourth-order valence-corrected chi connectivity index (χ4v) is 3.35. The van der Waals surface area contributed by atoms with E-state index in [2.05, 4.69) is 5.32 Å². The minimum absolute atomic E-state index is 0. The highest BCUT2D eigenvalue weighted by Gasteiger charge is 2.27. The molecule has 7 nitrogen and oxygen atoms in total. The highest BCUT2D eigenvalue weighted by atomic mass is 35.5. The summed E-state index contributed by atoms with van der Waals surface area (Å²) < 4.78 is 26.8. The molecule has 1 aliphatic rings. The maximum Gasteiger partial charge on any atom is 0.282 e. The predicted molar refractivity (Wildman–Crippen MR) is 81.2 cm³/mol. The smallest absolute Gasteiger partial charge is 0.282 e. The molecule has 0 unspecified atom stereocenters. The molecule has 0 aromatic rings. The van der Waals surface area contributed by atoms with Gasteiger partial charge in [-0.05, 0) is 0 Å². The highest BCUT2D eigenvalue weighted by molar-refractivity contribution is 7.86. The van der Waals surface area contributed by atoms with Crippen LogP contribution in [0.3, 0.4) is 0 Å². The van der Waals surface area contributed by atoms with E-state index in [1.807, 2.05) is 0 Å². The third-order valence-electron chi connectivity index (χ3n) is 3.25. The molecule has 0 atom stereocenters. The minimum Gasteiger partial charge on any atom is -0.339 e. The normalized spacial score (nSPS) is 16.4. The molecule has 0 spiro atoms. The summed E-state index contributed by atoms with van der Waals surface area (Å²) in [4.78, 5) is 13.7. The molecule has 0 saturated carbocycles. The Morgan fingerprint density at radius 2 is 1.70 bits per heavy atom. The second-order valence-electron chi connectivity index (χ2n) is 4.48. The lowest BCUT2D eigenvalue weighted by Crippen LogP contribution is -2.51. The number of hydrogen-bond acceptors (Lipinski definition) is 4. The summed E-state index contributed by atoms with van der Waals surface area (Å²) in [6.45, 7) is 7.08. The van der Waals surface area contributed by atoms with Gasteiger partial charge in [0.2, 0.25) is 5.91 Å². The van der Waals surface area contributed by atoms with Gasteiger partial charge in [0, 0.05) is 46.3 Å². The monoisotopic (exact) mass is 328 g/mol. The van der Waals surface area contributed by atoms with Gasteiger partial charge in [0.1, 0.15) is 0 Å². The van der Waals surface area contributed by atoms with Crippen molar-refractivity contribution in [3.8, 4) is 0 Å². The molecule has 9 heteroatoms. The van der Waals surface area contributed by atoms with Crippen molar-refractivity contribution in [2.75, 3.05) is 52.9 Å². The van der Waals surface area contributed by atoms with Gasteiger partial charge < -0.3 is 10.2 Å². The van der Waals surface area contributed by atoms with Crippen molar-refractivity contribution in [1.29, 1.82) is 0 Å². The van der Waals surface area contributed by atoms with Crippen molar-refractivity contribution < 1.29 is 13.2 Å². The van der Waals surface area contributed by atoms with Crippen molar-refractivity contribution in [2.45, 2.75) is 13.8 Å². The van der Waals surface area contributed by atoms with Crippen LogP contribution in [0.25, 0.3) is 0 Å². The van der Waals surface area contributed by atoms with E-state index >= 15 is 0 Å². The highest BCUT2D eigenvalue weighted by Crippen LogP contribution is 2.06. The van der Waals surface area contributed by atoms with Gasteiger partial charge in [0.05, 0.1) is 6.54 Å². The fourth-order valence-electron chi connectivity index (χ4n) is 2.03.